The Bertz CT molecular complexity index is 483. The Morgan fingerprint density at radius 2 is 1.76 bits per heavy atom. The highest BCUT2D eigenvalue weighted by atomic mass is 16.4. The highest BCUT2D eigenvalue weighted by molar-refractivity contribution is 5.96. The van der Waals surface area contributed by atoms with Crippen molar-refractivity contribution in [2.75, 3.05) is 25.0 Å². The van der Waals surface area contributed by atoms with E-state index in [9.17, 15) is 9.59 Å². The predicted octanol–water partition coefficient (Wildman–Crippen LogP) is 2.47. The minimum atomic E-state index is -1.00. The average Bonchev–Trinajstić information content (AvgIpc) is 2.44. The molecule has 1 aromatic rings. The number of hydrogen-bond donors (Lipinski definition) is 1. The van der Waals surface area contributed by atoms with E-state index in [4.69, 9.17) is 5.11 Å². The number of anilines is 1. The average molecular weight is 292 g/mol. The first-order chi connectivity index (χ1) is 9.86. The van der Waals surface area contributed by atoms with Gasteiger partial charge in [0.25, 0.3) is 5.91 Å². The minimum absolute atomic E-state index is 0.156. The summed E-state index contributed by atoms with van der Waals surface area (Å²) in [5, 5.41) is 8.90. The normalized spacial score (nSPS) is 10.5. The predicted molar refractivity (Wildman–Crippen MR) is 83.8 cm³/mol. The lowest BCUT2D eigenvalue weighted by Crippen LogP contribution is -2.40. The summed E-state index contributed by atoms with van der Waals surface area (Å²) in [7, 11) is 2.01. The van der Waals surface area contributed by atoms with Gasteiger partial charge < -0.3 is 14.9 Å². The monoisotopic (exact) mass is 292 g/mol. The summed E-state index contributed by atoms with van der Waals surface area (Å²) >= 11 is 0. The number of rotatable bonds is 7. The number of amides is 1. The number of aliphatic carboxylic acids is 1. The molecule has 5 nitrogen and oxygen atoms in total. The third-order valence-corrected chi connectivity index (χ3v) is 3.30. The Morgan fingerprint density at radius 3 is 2.19 bits per heavy atom. The summed E-state index contributed by atoms with van der Waals surface area (Å²) in [6.07, 6.45) is 1.05. The molecule has 1 aromatic carbocycles. The maximum Gasteiger partial charge on any atom is 0.323 e. The lowest BCUT2D eigenvalue weighted by molar-refractivity contribution is -0.138. The molecule has 0 aromatic heterocycles. The van der Waals surface area contributed by atoms with E-state index in [0.717, 1.165) is 18.7 Å². The zero-order valence-corrected chi connectivity index (χ0v) is 13.2. The Morgan fingerprint density at radius 1 is 1.19 bits per heavy atom. The van der Waals surface area contributed by atoms with Crippen LogP contribution in [0.15, 0.2) is 24.3 Å². The van der Waals surface area contributed by atoms with Crippen molar-refractivity contribution in [3.63, 3.8) is 0 Å². The van der Waals surface area contributed by atoms with Crippen molar-refractivity contribution in [2.45, 2.75) is 33.2 Å². The molecule has 0 radical (unpaired) electrons. The lowest BCUT2D eigenvalue weighted by Gasteiger charge is -2.25. The fourth-order valence-electron chi connectivity index (χ4n) is 2.12. The topological polar surface area (TPSA) is 60.9 Å². The van der Waals surface area contributed by atoms with E-state index >= 15 is 0 Å². The molecule has 0 saturated heterocycles. The molecule has 0 unspecified atom stereocenters. The summed E-state index contributed by atoms with van der Waals surface area (Å²) in [5.74, 6) is -1.26. The number of carbonyl (C=O) groups is 2. The maximum atomic E-state index is 12.4. The molecular weight excluding hydrogens is 268 g/mol. The molecule has 0 bridgehead atoms. The minimum Gasteiger partial charge on any atom is -0.480 e. The van der Waals surface area contributed by atoms with Crippen LogP contribution in [0.1, 0.15) is 37.6 Å². The van der Waals surface area contributed by atoms with Gasteiger partial charge in [0.15, 0.2) is 0 Å². The zero-order chi connectivity index (χ0) is 16.0. The Balaban J connectivity index is 2.88. The van der Waals surface area contributed by atoms with Crippen molar-refractivity contribution in [2.24, 2.45) is 0 Å². The fourth-order valence-corrected chi connectivity index (χ4v) is 2.12. The van der Waals surface area contributed by atoms with Crippen LogP contribution >= 0.6 is 0 Å². The van der Waals surface area contributed by atoms with E-state index in [1.165, 1.54) is 4.90 Å². The van der Waals surface area contributed by atoms with Crippen LogP contribution in [-0.4, -0.2) is 48.1 Å². The van der Waals surface area contributed by atoms with Crippen molar-refractivity contribution in [1.82, 2.24) is 4.90 Å². The Kier molecular flexibility index (Phi) is 6.21. The molecule has 1 N–H and O–H groups in total. The van der Waals surface area contributed by atoms with Crippen LogP contribution in [-0.2, 0) is 4.79 Å². The first-order valence-electron chi connectivity index (χ1n) is 7.20. The van der Waals surface area contributed by atoms with E-state index < -0.39 is 5.97 Å². The maximum absolute atomic E-state index is 12.4. The number of nitrogens with zero attached hydrogens (tertiary/aromatic N) is 2. The number of carbonyl (C=O) groups excluding carboxylic acids is 1. The molecule has 1 amide bonds. The largest absolute Gasteiger partial charge is 0.480 e. The van der Waals surface area contributed by atoms with Crippen LogP contribution < -0.4 is 4.90 Å². The SMILES string of the molecule is CCCN(C)c1ccc(C(=O)N(CC(=O)O)C(C)C)cc1. The molecule has 5 heteroatoms. The quantitative estimate of drug-likeness (QED) is 0.838. The molecule has 1 rings (SSSR count). The van der Waals surface area contributed by atoms with Crippen molar-refractivity contribution >= 4 is 17.6 Å². The van der Waals surface area contributed by atoms with E-state index in [0.29, 0.717) is 5.56 Å². The van der Waals surface area contributed by atoms with Crippen molar-refractivity contribution < 1.29 is 14.7 Å². The molecule has 0 heterocycles. The highest BCUT2D eigenvalue weighted by Gasteiger charge is 2.21. The summed E-state index contributed by atoms with van der Waals surface area (Å²) < 4.78 is 0. The second-order valence-corrected chi connectivity index (χ2v) is 5.39. The van der Waals surface area contributed by atoms with Gasteiger partial charge in [-0.3, -0.25) is 9.59 Å². The van der Waals surface area contributed by atoms with Gasteiger partial charge in [0.05, 0.1) is 0 Å². The van der Waals surface area contributed by atoms with Gasteiger partial charge in [0, 0.05) is 30.9 Å². The molecule has 0 aliphatic rings. The lowest BCUT2D eigenvalue weighted by atomic mass is 10.1. The van der Waals surface area contributed by atoms with E-state index in [1.807, 2.05) is 33.0 Å². The molecule has 21 heavy (non-hydrogen) atoms. The smallest absolute Gasteiger partial charge is 0.323 e. The molecule has 0 aliphatic carbocycles. The van der Waals surface area contributed by atoms with Gasteiger partial charge in [0.1, 0.15) is 6.54 Å². The number of carboxylic acid groups (broad SMARTS) is 1. The highest BCUT2D eigenvalue weighted by Crippen LogP contribution is 2.16. The fraction of sp³-hybridized carbons (Fsp3) is 0.500. The van der Waals surface area contributed by atoms with E-state index in [1.54, 1.807) is 12.1 Å². The molecule has 0 aliphatic heterocycles. The number of carboxylic acids is 1. The van der Waals surface area contributed by atoms with Crippen LogP contribution in [0, 0.1) is 0 Å². The van der Waals surface area contributed by atoms with Crippen molar-refractivity contribution in [3.8, 4) is 0 Å². The van der Waals surface area contributed by atoms with Crippen LogP contribution in [0.5, 0.6) is 0 Å². The van der Waals surface area contributed by atoms with Gasteiger partial charge in [-0.25, -0.2) is 0 Å². The number of benzene rings is 1. The zero-order valence-electron chi connectivity index (χ0n) is 13.2. The van der Waals surface area contributed by atoms with Crippen LogP contribution in [0.25, 0.3) is 0 Å². The van der Waals surface area contributed by atoms with Gasteiger partial charge in [-0.15, -0.1) is 0 Å². The summed E-state index contributed by atoms with van der Waals surface area (Å²) in [6.45, 7) is 6.40. The molecule has 0 fully saturated rings. The molecule has 0 atom stereocenters. The first-order valence-corrected chi connectivity index (χ1v) is 7.20. The summed E-state index contributed by atoms with van der Waals surface area (Å²) in [6, 6.07) is 7.13. The third kappa shape index (κ3) is 4.77. The van der Waals surface area contributed by atoms with Crippen molar-refractivity contribution in [1.29, 1.82) is 0 Å². The molecule has 0 saturated carbocycles. The van der Waals surface area contributed by atoms with Gasteiger partial charge in [-0.1, -0.05) is 6.92 Å². The third-order valence-electron chi connectivity index (χ3n) is 3.30. The van der Waals surface area contributed by atoms with E-state index in [2.05, 4.69) is 11.8 Å². The Labute approximate surface area is 126 Å². The second-order valence-electron chi connectivity index (χ2n) is 5.39. The first kappa shape index (κ1) is 17.0. The van der Waals surface area contributed by atoms with Crippen molar-refractivity contribution in [3.05, 3.63) is 29.8 Å². The standard InChI is InChI=1S/C16H24N2O3/c1-5-10-17(4)14-8-6-13(7-9-14)16(21)18(12(2)3)11-15(19)20/h6-9,12H,5,10-11H2,1-4H3,(H,19,20). The molecule has 0 spiro atoms. The Hall–Kier alpha value is -2.04. The van der Waals surface area contributed by atoms with Gasteiger partial charge in [0.2, 0.25) is 0 Å². The van der Waals surface area contributed by atoms with Gasteiger partial charge >= 0.3 is 5.97 Å². The second kappa shape index (κ2) is 7.67. The van der Waals surface area contributed by atoms with E-state index in [-0.39, 0.29) is 18.5 Å². The molecular formula is C16H24N2O3. The number of hydrogen-bond acceptors (Lipinski definition) is 3. The van der Waals surface area contributed by atoms with Crippen LogP contribution in [0.2, 0.25) is 0 Å². The van der Waals surface area contributed by atoms with Gasteiger partial charge in [-0.05, 0) is 44.5 Å². The summed E-state index contributed by atoms with van der Waals surface area (Å²) in [4.78, 5) is 26.7. The van der Waals surface area contributed by atoms with Crippen LogP contribution in [0.4, 0.5) is 5.69 Å². The van der Waals surface area contributed by atoms with Crippen LogP contribution in [0.3, 0.4) is 0 Å². The molecule has 116 valence electrons. The summed E-state index contributed by atoms with van der Waals surface area (Å²) in [5.41, 5.74) is 1.56. The van der Waals surface area contributed by atoms with Gasteiger partial charge in [-0.2, -0.15) is 0 Å².